The average molecular weight is 473 g/mol. The van der Waals surface area contributed by atoms with Gasteiger partial charge in [0.2, 0.25) is 5.88 Å². The van der Waals surface area contributed by atoms with Gasteiger partial charge in [0.05, 0.1) is 18.8 Å². The molecule has 2 amide bonds. The van der Waals surface area contributed by atoms with Gasteiger partial charge in [-0.1, -0.05) is 13.0 Å². The number of halogens is 1. The van der Waals surface area contributed by atoms with E-state index < -0.39 is 23.1 Å². The number of rotatable bonds is 3. The number of carbonyl (C=O) groups excluding carboxylic acids is 1. The summed E-state index contributed by atoms with van der Waals surface area (Å²) in [4.78, 5) is 15.6. The fourth-order valence-corrected chi connectivity index (χ4v) is 6.46. The molecule has 3 N–H and O–H groups in total. The Morgan fingerprint density at radius 3 is 2.97 bits per heavy atom. The third-order valence-electron chi connectivity index (χ3n) is 7.48. The Bertz CT molecular complexity index is 1160. The number of likely N-dealkylation sites (tertiary alicyclic amines) is 1. The molecule has 1 saturated heterocycles. The smallest absolute Gasteiger partial charge is 0.352 e. The lowest BCUT2D eigenvalue weighted by Gasteiger charge is -2.41. The van der Waals surface area contributed by atoms with Crippen LogP contribution in [0.2, 0.25) is 0 Å². The van der Waals surface area contributed by atoms with Crippen LogP contribution < -0.4 is 15.2 Å². The second kappa shape index (κ2) is 8.18. The number of nitrogens with two attached hydrogens (primary N) is 1. The third-order valence-corrected chi connectivity index (χ3v) is 8.57. The van der Waals surface area contributed by atoms with E-state index in [1.165, 1.54) is 22.3 Å². The van der Waals surface area contributed by atoms with Crippen LogP contribution in [0.15, 0.2) is 21.5 Å². The molecule has 8 nitrogen and oxygen atoms in total. The second-order valence-electron chi connectivity index (χ2n) is 9.60. The lowest BCUT2D eigenvalue weighted by atomic mass is 9.96. The molecule has 0 spiro atoms. The number of benzene rings is 1. The molecule has 1 fully saturated rings. The Labute approximate surface area is 194 Å². The standard InChI is InChI=1S/C23H29FN6O2S/c1-13-5-6-18-19(13)7-14-3-2-4-17(14)21(18)27-23(31)28-33(25)20-8-26-30-11-16(12-32-22(20)30)29-9-15(24)10-29/h7-8,13,15-16H,2-6,9-12H2,1H3,(H3,25,27,28,31). The van der Waals surface area contributed by atoms with Gasteiger partial charge in [-0.05, 0) is 60.3 Å². The molecular formula is C23H29FN6O2S. The second-order valence-corrected chi connectivity index (χ2v) is 10.8. The van der Waals surface area contributed by atoms with Gasteiger partial charge in [0.1, 0.15) is 17.7 Å². The summed E-state index contributed by atoms with van der Waals surface area (Å²) in [5.74, 6) is 1.08. The van der Waals surface area contributed by atoms with Crippen LogP contribution in [0.4, 0.5) is 14.9 Å². The van der Waals surface area contributed by atoms with Gasteiger partial charge in [0, 0.05) is 29.7 Å². The Morgan fingerprint density at radius 1 is 1.30 bits per heavy atom. The van der Waals surface area contributed by atoms with E-state index in [1.54, 1.807) is 10.9 Å². The summed E-state index contributed by atoms with van der Waals surface area (Å²) in [7, 11) is -1.18. The first-order chi connectivity index (χ1) is 16.0. The number of hydrogen-bond acceptors (Lipinski definition) is 4. The van der Waals surface area contributed by atoms with Crippen molar-refractivity contribution in [3.63, 3.8) is 0 Å². The first kappa shape index (κ1) is 21.2. The third kappa shape index (κ3) is 3.68. The molecule has 10 heteroatoms. The van der Waals surface area contributed by atoms with E-state index in [0.717, 1.165) is 37.8 Å². The zero-order valence-electron chi connectivity index (χ0n) is 18.7. The fraction of sp³-hybridized carbons (Fsp3) is 0.565. The number of aryl methyl sites for hydroxylation is 1. The summed E-state index contributed by atoms with van der Waals surface area (Å²) in [6, 6.07) is 2.03. The van der Waals surface area contributed by atoms with Crippen LogP contribution in [0.5, 0.6) is 5.88 Å². The fourth-order valence-electron chi connectivity index (χ4n) is 5.64. The van der Waals surface area contributed by atoms with E-state index in [2.05, 4.69) is 32.7 Å². The number of nitrogens with zero attached hydrogens (tertiary/aromatic N) is 4. The van der Waals surface area contributed by atoms with Crippen LogP contribution >= 0.6 is 0 Å². The van der Waals surface area contributed by atoms with E-state index in [1.807, 2.05) is 0 Å². The van der Waals surface area contributed by atoms with Crippen molar-refractivity contribution < 1.29 is 13.9 Å². The maximum Gasteiger partial charge on any atom is 0.352 e. The van der Waals surface area contributed by atoms with E-state index >= 15 is 0 Å². The van der Waals surface area contributed by atoms with Crippen LogP contribution in [0.1, 0.15) is 47.9 Å². The number of alkyl halides is 1. The van der Waals surface area contributed by atoms with E-state index in [0.29, 0.717) is 42.9 Å². The quantitative estimate of drug-likeness (QED) is 0.715. The number of amides is 2. The number of urea groups is 1. The number of ether oxygens (including phenoxy) is 1. The van der Waals surface area contributed by atoms with Gasteiger partial charge < -0.3 is 10.1 Å². The first-order valence-corrected chi connectivity index (χ1v) is 13.0. The van der Waals surface area contributed by atoms with Crippen LogP contribution in [-0.2, 0) is 36.7 Å². The molecule has 0 bridgehead atoms. The minimum Gasteiger partial charge on any atom is -0.475 e. The van der Waals surface area contributed by atoms with Crippen molar-refractivity contribution in [2.75, 3.05) is 25.0 Å². The van der Waals surface area contributed by atoms with Gasteiger partial charge in [0.15, 0.2) is 0 Å². The van der Waals surface area contributed by atoms with E-state index in [-0.39, 0.29) is 6.04 Å². The summed E-state index contributed by atoms with van der Waals surface area (Å²) >= 11 is 0. The normalized spacial score (nSPS) is 25.2. The summed E-state index contributed by atoms with van der Waals surface area (Å²) in [5.41, 5.74) is 6.23. The highest BCUT2D eigenvalue weighted by molar-refractivity contribution is 7.85. The predicted molar refractivity (Wildman–Crippen MR) is 124 cm³/mol. The van der Waals surface area contributed by atoms with Crippen molar-refractivity contribution >= 4 is 22.6 Å². The Kier molecular flexibility index (Phi) is 5.26. The van der Waals surface area contributed by atoms with Crippen molar-refractivity contribution in [1.29, 1.82) is 0 Å². The molecule has 1 aromatic heterocycles. The molecule has 6 rings (SSSR count). The maximum atomic E-state index is 13.2. The predicted octanol–water partition coefficient (Wildman–Crippen LogP) is 3.10. The largest absolute Gasteiger partial charge is 0.475 e. The topological polar surface area (TPSA) is 97.8 Å². The molecule has 2 aliphatic heterocycles. The average Bonchev–Trinajstić information content (AvgIpc) is 3.49. The van der Waals surface area contributed by atoms with E-state index in [9.17, 15) is 9.18 Å². The first-order valence-electron chi connectivity index (χ1n) is 11.7. The van der Waals surface area contributed by atoms with Gasteiger partial charge in [-0.15, -0.1) is 0 Å². The Morgan fingerprint density at radius 2 is 2.15 bits per heavy atom. The lowest BCUT2D eigenvalue weighted by molar-refractivity contribution is -0.0114. The monoisotopic (exact) mass is 472 g/mol. The minimum atomic E-state index is -1.18. The van der Waals surface area contributed by atoms with Gasteiger partial charge in [-0.3, -0.25) is 10.0 Å². The molecule has 0 saturated carbocycles. The lowest BCUT2D eigenvalue weighted by Crippen LogP contribution is -2.57. The highest BCUT2D eigenvalue weighted by atomic mass is 32.2. The Balaban J connectivity index is 1.21. The van der Waals surface area contributed by atoms with Crippen LogP contribution in [-0.4, -0.2) is 52.6 Å². The van der Waals surface area contributed by atoms with Gasteiger partial charge >= 0.3 is 6.03 Å². The number of nitrogens with one attached hydrogen (secondary N) is 1. The molecule has 2 aromatic rings. The number of anilines is 1. The zero-order chi connectivity index (χ0) is 22.7. The molecule has 3 atom stereocenters. The number of fused-ring (bicyclic) bond motifs is 3. The van der Waals surface area contributed by atoms with Crippen molar-refractivity contribution in [3.05, 3.63) is 34.5 Å². The SMILES string of the molecule is CC1CCc2c1cc1c(c2NC(=O)N=S(N)c2cnn3c2OCC(N2CC(F)C2)C3)CCC1. The highest BCUT2D eigenvalue weighted by Gasteiger charge is 2.36. The van der Waals surface area contributed by atoms with Crippen LogP contribution in [0.3, 0.4) is 0 Å². The van der Waals surface area contributed by atoms with Crippen molar-refractivity contribution in [2.45, 2.75) is 68.6 Å². The van der Waals surface area contributed by atoms with Crippen molar-refractivity contribution in [3.8, 4) is 5.88 Å². The summed E-state index contributed by atoms with van der Waals surface area (Å²) in [6.07, 6.45) is 6.17. The number of aromatic nitrogens is 2. The molecule has 33 heavy (non-hydrogen) atoms. The van der Waals surface area contributed by atoms with Crippen molar-refractivity contribution in [1.82, 2.24) is 14.7 Å². The van der Waals surface area contributed by atoms with Gasteiger partial charge in [-0.2, -0.15) is 9.46 Å². The van der Waals surface area contributed by atoms with Crippen LogP contribution in [0.25, 0.3) is 0 Å². The summed E-state index contributed by atoms with van der Waals surface area (Å²) in [5, 5.41) is 13.8. The van der Waals surface area contributed by atoms with Gasteiger partial charge in [-0.25, -0.2) is 13.9 Å². The van der Waals surface area contributed by atoms with Crippen molar-refractivity contribution in [2.24, 2.45) is 9.50 Å². The number of hydrogen-bond donors (Lipinski definition) is 2. The molecular weight excluding hydrogens is 443 g/mol. The maximum absolute atomic E-state index is 13.2. The Hall–Kier alpha value is -2.30. The molecule has 0 radical (unpaired) electrons. The molecule has 2 aliphatic carbocycles. The molecule has 3 heterocycles. The number of carbonyl (C=O) groups is 1. The molecule has 176 valence electrons. The zero-order valence-corrected chi connectivity index (χ0v) is 19.5. The minimum absolute atomic E-state index is 0.0988. The van der Waals surface area contributed by atoms with E-state index in [4.69, 9.17) is 9.88 Å². The summed E-state index contributed by atoms with van der Waals surface area (Å²) < 4.78 is 25.1. The molecule has 3 unspecified atom stereocenters. The molecule has 4 aliphatic rings. The summed E-state index contributed by atoms with van der Waals surface area (Å²) in [6.45, 7) is 4.22. The van der Waals surface area contributed by atoms with Gasteiger partial charge in [0.25, 0.3) is 0 Å². The molecule has 1 aromatic carbocycles. The van der Waals surface area contributed by atoms with Crippen LogP contribution in [0, 0.1) is 0 Å². The highest BCUT2D eigenvalue weighted by Crippen LogP contribution is 2.43.